The van der Waals surface area contributed by atoms with Crippen LogP contribution in [-0.2, 0) is 4.79 Å². The van der Waals surface area contributed by atoms with Gasteiger partial charge in [-0.05, 0) is 19.3 Å². The van der Waals surface area contributed by atoms with Crippen LogP contribution in [0.15, 0.2) is 11.6 Å². The number of amides is 1. The van der Waals surface area contributed by atoms with Crippen molar-refractivity contribution in [2.24, 2.45) is 0 Å². The van der Waals surface area contributed by atoms with Gasteiger partial charge in [0.25, 0.3) is 0 Å². The molecule has 72 valence electrons. The van der Waals surface area contributed by atoms with Gasteiger partial charge in [-0.3, -0.25) is 4.79 Å². The highest BCUT2D eigenvalue weighted by atomic mass is 32.2. The minimum atomic E-state index is 0.245. The summed E-state index contributed by atoms with van der Waals surface area (Å²) in [6.07, 6.45) is 5.43. The molecule has 2 rings (SSSR count). The Kier molecular flexibility index (Phi) is 2.94. The van der Waals surface area contributed by atoms with Crippen LogP contribution in [0.2, 0.25) is 0 Å². The summed E-state index contributed by atoms with van der Waals surface area (Å²) in [6.45, 7) is 1.88. The van der Waals surface area contributed by atoms with Crippen molar-refractivity contribution in [3.63, 3.8) is 0 Å². The zero-order valence-electron chi connectivity index (χ0n) is 7.79. The first-order valence-electron chi connectivity index (χ1n) is 4.92. The van der Waals surface area contributed by atoms with Crippen LogP contribution in [0.1, 0.15) is 19.3 Å². The lowest BCUT2D eigenvalue weighted by Crippen LogP contribution is -2.37. The molecule has 13 heavy (non-hydrogen) atoms. The molecule has 0 atom stereocenters. The van der Waals surface area contributed by atoms with Gasteiger partial charge in [0.15, 0.2) is 0 Å². The molecule has 0 radical (unpaired) electrons. The third kappa shape index (κ3) is 2.27. The van der Waals surface area contributed by atoms with E-state index in [1.165, 1.54) is 12.0 Å². The number of thioether (sulfide) groups is 1. The lowest BCUT2D eigenvalue weighted by Gasteiger charge is -2.26. The highest BCUT2D eigenvalue weighted by Crippen LogP contribution is 2.25. The van der Waals surface area contributed by atoms with Crippen molar-refractivity contribution < 1.29 is 4.79 Å². The Morgan fingerprint density at radius 3 is 2.54 bits per heavy atom. The molecule has 1 amide bonds. The SMILES string of the molecule is O=C(C=C1CCC1)N1CCSCC1. The van der Waals surface area contributed by atoms with E-state index in [1.54, 1.807) is 0 Å². The van der Waals surface area contributed by atoms with Crippen molar-refractivity contribution in [3.05, 3.63) is 11.6 Å². The number of nitrogens with zero attached hydrogens (tertiary/aromatic N) is 1. The summed E-state index contributed by atoms with van der Waals surface area (Å²) >= 11 is 1.94. The maximum atomic E-state index is 11.6. The van der Waals surface area contributed by atoms with Gasteiger partial charge in [-0.25, -0.2) is 0 Å². The maximum absolute atomic E-state index is 11.6. The Labute approximate surface area is 83.4 Å². The highest BCUT2D eigenvalue weighted by molar-refractivity contribution is 7.99. The van der Waals surface area contributed by atoms with Crippen LogP contribution in [0.25, 0.3) is 0 Å². The van der Waals surface area contributed by atoms with Gasteiger partial charge in [0.05, 0.1) is 0 Å². The lowest BCUT2D eigenvalue weighted by molar-refractivity contribution is -0.125. The molecule has 2 fully saturated rings. The van der Waals surface area contributed by atoms with Gasteiger partial charge < -0.3 is 4.90 Å². The number of allylic oxidation sites excluding steroid dienone is 1. The van der Waals surface area contributed by atoms with Gasteiger partial charge in [0, 0.05) is 30.7 Å². The normalized spacial score (nSPS) is 22.5. The molecule has 0 N–H and O–H groups in total. The second kappa shape index (κ2) is 4.18. The molecule has 0 spiro atoms. The number of hydrogen-bond donors (Lipinski definition) is 0. The van der Waals surface area contributed by atoms with Gasteiger partial charge in [-0.15, -0.1) is 0 Å². The van der Waals surface area contributed by atoms with Crippen LogP contribution in [-0.4, -0.2) is 35.4 Å². The molecular weight excluding hydrogens is 182 g/mol. The first-order valence-corrected chi connectivity index (χ1v) is 6.08. The first-order chi connectivity index (χ1) is 6.36. The molecule has 1 aliphatic carbocycles. The predicted octanol–water partition coefficient (Wildman–Crippen LogP) is 1.67. The first kappa shape index (κ1) is 9.13. The fourth-order valence-corrected chi connectivity index (χ4v) is 2.48. The van der Waals surface area contributed by atoms with E-state index in [2.05, 4.69) is 0 Å². The van der Waals surface area contributed by atoms with Gasteiger partial charge in [0.2, 0.25) is 5.91 Å². The molecule has 1 heterocycles. The Morgan fingerprint density at radius 2 is 2.00 bits per heavy atom. The molecule has 0 aromatic rings. The Bertz CT molecular complexity index is 225. The summed E-state index contributed by atoms with van der Waals surface area (Å²) in [5.74, 6) is 2.46. The van der Waals surface area contributed by atoms with Crippen molar-refractivity contribution in [3.8, 4) is 0 Å². The van der Waals surface area contributed by atoms with Gasteiger partial charge in [-0.1, -0.05) is 5.57 Å². The summed E-state index contributed by atoms with van der Waals surface area (Å²) < 4.78 is 0. The smallest absolute Gasteiger partial charge is 0.246 e. The topological polar surface area (TPSA) is 20.3 Å². The van der Waals surface area contributed by atoms with Crippen LogP contribution in [0.5, 0.6) is 0 Å². The molecular formula is C10H15NOS. The van der Waals surface area contributed by atoms with Crippen LogP contribution in [0.3, 0.4) is 0 Å². The fourth-order valence-electron chi connectivity index (χ4n) is 1.57. The third-order valence-electron chi connectivity index (χ3n) is 2.65. The number of hydrogen-bond acceptors (Lipinski definition) is 2. The zero-order valence-corrected chi connectivity index (χ0v) is 8.61. The van der Waals surface area contributed by atoms with E-state index in [4.69, 9.17) is 0 Å². The monoisotopic (exact) mass is 197 g/mol. The van der Waals surface area contributed by atoms with E-state index in [0.717, 1.165) is 37.4 Å². The van der Waals surface area contributed by atoms with E-state index >= 15 is 0 Å². The van der Waals surface area contributed by atoms with Crippen molar-refractivity contribution >= 4 is 17.7 Å². The summed E-state index contributed by atoms with van der Waals surface area (Å²) in [4.78, 5) is 13.6. The molecule has 1 saturated carbocycles. The molecule has 1 saturated heterocycles. The quantitative estimate of drug-likeness (QED) is 0.596. The average molecular weight is 197 g/mol. The lowest BCUT2D eigenvalue weighted by atomic mass is 9.92. The number of rotatable bonds is 1. The van der Waals surface area contributed by atoms with Crippen LogP contribution < -0.4 is 0 Å². The summed E-state index contributed by atoms with van der Waals surface area (Å²) in [5, 5.41) is 0. The Balaban J connectivity index is 1.87. The number of carbonyl (C=O) groups is 1. The van der Waals surface area contributed by atoms with Gasteiger partial charge in [-0.2, -0.15) is 11.8 Å². The maximum Gasteiger partial charge on any atom is 0.246 e. The number of carbonyl (C=O) groups excluding carboxylic acids is 1. The molecule has 0 aromatic heterocycles. The Morgan fingerprint density at radius 1 is 1.31 bits per heavy atom. The molecule has 0 unspecified atom stereocenters. The molecule has 1 aliphatic heterocycles. The van der Waals surface area contributed by atoms with Crippen molar-refractivity contribution in [2.75, 3.05) is 24.6 Å². The molecule has 2 aliphatic rings. The Hall–Kier alpha value is -0.440. The molecule has 3 heteroatoms. The zero-order chi connectivity index (χ0) is 9.10. The van der Waals surface area contributed by atoms with Crippen LogP contribution >= 0.6 is 11.8 Å². The largest absolute Gasteiger partial charge is 0.338 e. The summed E-state index contributed by atoms with van der Waals surface area (Å²) in [6, 6.07) is 0. The summed E-state index contributed by atoms with van der Waals surface area (Å²) in [7, 11) is 0. The van der Waals surface area contributed by atoms with Gasteiger partial charge in [0.1, 0.15) is 0 Å². The molecule has 2 nitrogen and oxygen atoms in total. The van der Waals surface area contributed by atoms with E-state index in [1.807, 2.05) is 22.7 Å². The van der Waals surface area contributed by atoms with Crippen LogP contribution in [0, 0.1) is 0 Å². The van der Waals surface area contributed by atoms with Crippen molar-refractivity contribution in [1.29, 1.82) is 0 Å². The highest BCUT2D eigenvalue weighted by Gasteiger charge is 2.17. The van der Waals surface area contributed by atoms with Crippen molar-refractivity contribution in [2.45, 2.75) is 19.3 Å². The van der Waals surface area contributed by atoms with E-state index in [0.29, 0.717) is 0 Å². The van der Waals surface area contributed by atoms with E-state index in [9.17, 15) is 4.79 Å². The molecule has 0 bridgehead atoms. The standard InChI is InChI=1S/C10H15NOS/c12-10(8-9-2-1-3-9)11-4-6-13-7-5-11/h8H,1-7H2. The predicted molar refractivity (Wildman–Crippen MR) is 55.8 cm³/mol. The minimum absolute atomic E-state index is 0.245. The average Bonchev–Trinajstić information content (AvgIpc) is 2.12. The van der Waals surface area contributed by atoms with E-state index < -0.39 is 0 Å². The van der Waals surface area contributed by atoms with E-state index in [-0.39, 0.29) is 5.91 Å². The van der Waals surface area contributed by atoms with Gasteiger partial charge >= 0.3 is 0 Å². The summed E-state index contributed by atoms with van der Waals surface area (Å²) in [5.41, 5.74) is 1.35. The second-order valence-corrected chi connectivity index (χ2v) is 4.82. The fraction of sp³-hybridized carbons (Fsp3) is 0.700. The molecule has 0 aromatic carbocycles. The van der Waals surface area contributed by atoms with Crippen LogP contribution in [0.4, 0.5) is 0 Å². The second-order valence-electron chi connectivity index (χ2n) is 3.59. The van der Waals surface area contributed by atoms with Crippen molar-refractivity contribution in [1.82, 2.24) is 4.90 Å². The minimum Gasteiger partial charge on any atom is -0.338 e. The third-order valence-corrected chi connectivity index (χ3v) is 3.59.